The molecule has 2 rings (SSSR count). The number of benzene rings is 1. The summed E-state index contributed by atoms with van der Waals surface area (Å²) >= 11 is 0. The third-order valence-corrected chi connectivity index (χ3v) is 3.10. The molecule has 0 aliphatic carbocycles. The van der Waals surface area contributed by atoms with E-state index in [0.29, 0.717) is 0 Å². The molecular weight excluding hydrogens is 249 g/mol. The van der Waals surface area contributed by atoms with Crippen LogP contribution in [0.3, 0.4) is 0 Å². The van der Waals surface area contributed by atoms with Gasteiger partial charge >= 0.3 is 0 Å². The zero-order valence-electron chi connectivity index (χ0n) is 11.0. The summed E-state index contributed by atoms with van der Waals surface area (Å²) in [4.78, 5) is 13.1. The van der Waals surface area contributed by atoms with E-state index in [-0.39, 0.29) is 18.3 Å². The van der Waals surface area contributed by atoms with Gasteiger partial charge in [0.05, 0.1) is 33.2 Å². The summed E-state index contributed by atoms with van der Waals surface area (Å²) in [6, 6.07) is 6.05. The van der Waals surface area contributed by atoms with Crippen LogP contribution in [0, 0.1) is 5.82 Å². The molecule has 1 aliphatic heterocycles. The van der Waals surface area contributed by atoms with Crippen molar-refractivity contribution in [3.05, 3.63) is 30.1 Å². The number of ether oxygens (including phenoxy) is 1. The number of hydrazine groups is 1. The minimum absolute atomic E-state index is 0.0977. The lowest BCUT2D eigenvalue weighted by Crippen LogP contribution is -3.12. The largest absolute Gasteiger partial charge is 0.481 e. The number of nitrogens with one attached hydrogen (secondary N) is 2. The predicted octanol–water partition coefficient (Wildman–Crippen LogP) is -0.934. The van der Waals surface area contributed by atoms with Gasteiger partial charge < -0.3 is 9.64 Å². The summed E-state index contributed by atoms with van der Waals surface area (Å²) in [6.07, 6.45) is 0. The van der Waals surface area contributed by atoms with Crippen molar-refractivity contribution in [1.82, 2.24) is 10.4 Å². The highest BCUT2D eigenvalue weighted by atomic mass is 19.1. The predicted molar refractivity (Wildman–Crippen MR) is 68.2 cm³/mol. The molecule has 1 heterocycles. The van der Waals surface area contributed by atoms with Gasteiger partial charge in [0.2, 0.25) is 0 Å². The van der Waals surface area contributed by atoms with Crippen LogP contribution in [-0.4, -0.2) is 50.7 Å². The van der Waals surface area contributed by atoms with Crippen LogP contribution in [0.2, 0.25) is 0 Å². The average Bonchev–Trinajstić information content (AvgIpc) is 2.40. The molecule has 1 aromatic rings. The molecule has 0 atom stereocenters. The van der Waals surface area contributed by atoms with Crippen LogP contribution >= 0.6 is 0 Å². The average molecular weight is 268 g/mol. The van der Waals surface area contributed by atoms with E-state index in [1.807, 2.05) is 5.01 Å². The highest BCUT2D eigenvalue weighted by Gasteiger charge is 2.18. The summed E-state index contributed by atoms with van der Waals surface area (Å²) in [7, 11) is 2.13. The van der Waals surface area contributed by atoms with Crippen molar-refractivity contribution >= 4 is 5.91 Å². The molecule has 0 spiro atoms. The number of quaternary nitrogens is 1. The second-order valence-corrected chi connectivity index (χ2v) is 4.70. The van der Waals surface area contributed by atoms with Crippen LogP contribution in [-0.2, 0) is 4.79 Å². The van der Waals surface area contributed by atoms with Crippen molar-refractivity contribution in [2.45, 2.75) is 0 Å². The molecule has 0 radical (unpaired) electrons. The Kier molecular flexibility index (Phi) is 4.70. The number of carbonyl (C=O) groups excluding carboxylic acids is 1. The maximum absolute atomic E-state index is 13.3. The summed E-state index contributed by atoms with van der Waals surface area (Å²) < 4.78 is 18.4. The van der Waals surface area contributed by atoms with E-state index in [1.165, 1.54) is 17.0 Å². The molecule has 0 saturated carbocycles. The van der Waals surface area contributed by atoms with E-state index in [4.69, 9.17) is 4.74 Å². The second kappa shape index (κ2) is 6.49. The Hall–Kier alpha value is -1.66. The van der Waals surface area contributed by atoms with Gasteiger partial charge in [0.1, 0.15) is 0 Å². The van der Waals surface area contributed by atoms with Gasteiger partial charge in [0.15, 0.2) is 18.2 Å². The number of hydrogen-bond acceptors (Lipinski definition) is 3. The molecule has 1 saturated heterocycles. The van der Waals surface area contributed by atoms with E-state index >= 15 is 0 Å². The molecule has 0 aromatic heterocycles. The monoisotopic (exact) mass is 268 g/mol. The second-order valence-electron chi connectivity index (χ2n) is 4.70. The zero-order valence-corrected chi connectivity index (χ0v) is 11.0. The van der Waals surface area contributed by atoms with Gasteiger partial charge in [-0.3, -0.25) is 10.2 Å². The molecule has 1 amide bonds. The summed E-state index contributed by atoms with van der Waals surface area (Å²) in [5.41, 5.74) is 2.76. The number of nitrogens with zero attached hydrogens (tertiary/aromatic N) is 1. The molecule has 6 heteroatoms. The van der Waals surface area contributed by atoms with Gasteiger partial charge in [-0.05, 0) is 12.1 Å². The zero-order chi connectivity index (χ0) is 13.7. The third-order valence-electron chi connectivity index (χ3n) is 3.10. The third kappa shape index (κ3) is 4.18. The van der Waals surface area contributed by atoms with Crippen molar-refractivity contribution in [2.24, 2.45) is 0 Å². The Bertz CT molecular complexity index is 434. The molecule has 0 bridgehead atoms. The van der Waals surface area contributed by atoms with Gasteiger partial charge in [-0.25, -0.2) is 9.40 Å². The molecule has 19 heavy (non-hydrogen) atoms. The highest BCUT2D eigenvalue weighted by Crippen LogP contribution is 2.14. The normalized spacial score (nSPS) is 17.2. The highest BCUT2D eigenvalue weighted by molar-refractivity contribution is 5.77. The number of carbonyl (C=O) groups is 1. The first kappa shape index (κ1) is 13.8. The van der Waals surface area contributed by atoms with E-state index in [1.54, 1.807) is 12.1 Å². The van der Waals surface area contributed by atoms with E-state index in [0.717, 1.165) is 26.2 Å². The van der Waals surface area contributed by atoms with Crippen LogP contribution in [0.1, 0.15) is 0 Å². The van der Waals surface area contributed by atoms with Crippen LogP contribution < -0.4 is 15.1 Å². The standard InChI is InChI=1S/C13H18FN3O2/c1-16-6-8-17(9-7-16)15-13(18)10-19-12-5-3-2-4-11(12)14/h2-5H,6-10H2,1H3,(H,15,18)/p+1. The van der Waals surface area contributed by atoms with Gasteiger partial charge in [-0.15, -0.1) is 0 Å². The SMILES string of the molecule is C[NH+]1CCN(NC(=O)COc2ccccc2F)CC1. The molecular formula is C13H19FN3O2+. The summed E-state index contributed by atoms with van der Waals surface area (Å²) in [5, 5.41) is 1.88. The maximum atomic E-state index is 13.3. The van der Waals surface area contributed by atoms with Crippen molar-refractivity contribution in [3.8, 4) is 5.75 Å². The number of rotatable bonds is 4. The maximum Gasteiger partial charge on any atom is 0.272 e. The quantitative estimate of drug-likeness (QED) is 0.741. The number of amides is 1. The Balaban J connectivity index is 1.74. The van der Waals surface area contributed by atoms with Gasteiger partial charge in [0, 0.05) is 0 Å². The number of likely N-dealkylation sites (N-methyl/N-ethyl adjacent to an activating group) is 1. The molecule has 1 fully saturated rings. The molecule has 1 aliphatic rings. The molecule has 0 unspecified atom stereocenters. The Morgan fingerprint density at radius 2 is 2.11 bits per heavy atom. The number of hydrogen-bond donors (Lipinski definition) is 2. The number of halogens is 1. The molecule has 5 nitrogen and oxygen atoms in total. The minimum atomic E-state index is -0.460. The lowest BCUT2D eigenvalue weighted by molar-refractivity contribution is -0.884. The van der Waals surface area contributed by atoms with Crippen LogP contribution in [0.5, 0.6) is 5.75 Å². The van der Waals surface area contributed by atoms with E-state index < -0.39 is 5.82 Å². The first-order valence-electron chi connectivity index (χ1n) is 6.38. The molecule has 104 valence electrons. The van der Waals surface area contributed by atoms with E-state index in [9.17, 15) is 9.18 Å². The lowest BCUT2D eigenvalue weighted by atomic mass is 10.3. The first-order chi connectivity index (χ1) is 9.15. The first-order valence-corrected chi connectivity index (χ1v) is 6.38. The van der Waals surface area contributed by atoms with Crippen LogP contribution in [0.15, 0.2) is 24.3 Å². The van der Waals surface area contributed by atoms with Crippen LogP contribution in [0.25, 0.3) is 0 Å². The minimum Gasteiger partial charge on any atom is -0.481 e. The lowest BCUT2D eigenvalue weighted by Gasteiger charge is -2.29. The van der Waals surface area contributed by atoms with Crippen molar-refractivity contribution < 1.29 is 18.8 Å². The summed E-state index contributed by atoms with van der Waals surface area (Å²) in [6.45, 7) is 3.44. The Morgan fingerprint density at radius 1 is 1.42 bits per heavy atom. The Labute approximate surface area is 111 Å². The van der Waals surface area contributed by atoms with Crippen molar-refractivity contribution in [3.63, 3.8) is 0 Å². The fourth-order valence-corrected chi connectivity index (χ4v) is 1.91. The van der Waals surface area contributed by atoms with Gasteiger partial charge in [-0.1, -0.05) is 12.1 Å². The van der Waals surface area contributed by atoms with E-state index in [2.05, 4.69) is 12.5 Å². The fourth-order valence-electron chi connectivity index (χ4n) is 1.91. The Morgan fingerprint density at radius 3 is 2.79 bits per heavy atom. The number of piperazine rings is 1. The van der Waals surface area contributed by atoms with Crippen molar-refractivity contribution in [1.29, 1.82) is 0 Å². The number of para-hydroxylation sites is 1. The molecule has 1 aromatic carbocycles. The van der Waals surface area contributed by atoms with Gasteiger partial charge in [0.25, 0.3) is 5.91 Å². The van der Waals surface area contributed by atoms with Crippen molar-refractivity contribution in [2.75, 3.05) is 39.8 Å². The van der Waals surface area contributed by atoms with Crippen LogP contribution in [0.4, 0.5) is 4.39 Å². The smallest absolute Gasteiger partial charge is 0.272 e. The topological polar surface area (TPSA) is 46.0 Å². The van der Waals surface area contributed by atoms with Gasteiger partial charge in [-0.2, -0.15) is 0 Å². The fraction of sp³-hybridized carbons (Fsp3) is 0.462. The summed E-state index contributed by atoms with van der Waals surface area (Å²) in [5.74, 6) is -0.623. The molecule has 2 N–H and O–H groups in total.